The summed E-state index contributed by atoms with van der Waals surface area (Å²) in [5, 5.41) is 19.9. The molecular formula is C11H9ClN2O3. The first kappa shape index (κ1) is 13.0. The van der Waals surface area contributed by atoms with Gasteiger partial charge in [0, 0.05) is 0 Å². The summed E-state index contributed by atoms with van der Waals surface area (Å²) in [5.41, 5.74) is 0.552. The Kier molecular flexibility index (Phi) is 4.07. The van der Waals surface area contributed by atoms with Crippen molar-refractivity contribution in [3.8, 4) is 6.07 Å². The average Bonchev–Trinajstić information content (AvgIpc) is 2.30. The van der Waals surface area contributed by atoms with Gasteiger partial charge in [0.1, 0.15) is 5.92 Å². The van der Waals surface area contributed by atoms with E-state index in [2.05, 4.69) is 5.32 Å². The molecule has 0 saturated carbocycles. The monoisotopic (exact) mass is 252 g/mol. The average molecular weight is 253 g/mol. The minimum absolute atomic E-state index is 0.226. The zero-order valence-electron chi connectivity index (χ0n) is 8.90. The molecule has 2 N–H and O–H groups in total. The number of nitriles is 1. The molecule has 1 amide bonds. The lowest BCUT2D eigenvalue weighted by atomic mass is 10.1. The second kappa shape index (κ2) is 5.32. The van der Waals surface area contributed by atoms with E-state index in [1.54, 1.807) is 0 Å². The van der Waals surface area contributed by atoms with E-state index in [0.29, 0.717) is 5.56 Å². The maximum Gasteiger partial charge on any atom is 0.315 e. The van der Waals surface area contributed by atoms with Crippen molar-refractivity contribution in [3.63, 3.8) is 0 Å². The lowest BCUT2D eigenvalue weighted by molar-refractivity contribution is -0.144. The zero-order chi connectivity index (χ0) is 13.0. The van der Waals surface area contributed by atoms with E-state index in [1.807, 2.05) is 6.07 Å². The van der Waals surface area contributed by atoms with Gasteiger partial charge in [-0.2, -0.15) is 5.26 Å². The van der Waals surface area contributed by atoms with Gasteiger partial charge in [0.15, 0.2) is 0 Å². The summed E-state index contributed by atoms with van der Waals surface area (Å²) < 4.78 is 0. The van der Waals surface area contributed by atoms with E-state index in [9.17, 15) is 9.59 Å². The van der Waals surface area contributed by atoms with Crippen LogP contribution in [0, 0.1) is 17.2 Å². The number of anilines is 1. The molecule has 0 saturated heterocycles. The predicted octanol–water partition coefficient (Wildman–Crippen LogP) is 1.87. The van der Waals surface area contributed by atoms with Gasteiger partial charge in [-0.3, -0.25) is 9.59 Å². The van der Waals surface area contributed by atoms with Gasteiger partial charge >= 0.3 is 5.97 Å². The number of aliphatic carboxylic acids is 1. The van der Waals surface area contributed by atoms with Crippen molar-refractivity contribution in [1.29, 1.82) is 5.26 Å². The molecule has 0 bridgehead atoms. The fourth-order valence-electron chi connectivity index (χ4n) is 1.04. The zero-order valence-corrected chi connectivity index (χ0v) is 9.65. The van der Waals surface area contributed by atoms with Gasteiger partial charge in [0.05, 0.1) is 22.3 Å². The topological polar surface area (TPSA) is 90.2 Å². The van der Waals surface area contributed by atoms with Crippen LogP contribution in [0.4, 0.5) is 5.69 Å². The number of carboxylic acid groups (broad SMARTS) is 1. The van der Waals surface area contributed by atoms with Crippen molar-refractivity contribution in [1.82, 2.24) is 0 Å². The van der Waals surface area contributed by atoms with E-state index in [4.69, 9.17) is 22.0 Å². The fraction of sp³-hybridized carbons (Fsp3) is 0.182. The van der Waals surface area contributed by atoms with Crippen LogP contribution >= 0.6 is 11.6 Å². The maximum absolute atomic E-state index is 11.5. The number of hydrogen-bond donors (Lipinski definition) is 2. The van der Waals surface area contributed by atoms with Crippen molar-refractivity contribution < 1.29 is 14.7 Å². The Bertz CT molecular complexity index is 508. The van der Waals surface area contributed by atoms with Gasteiger partial charge in [-0.25, -0.2) is 0 Å². The summed E-state index contributed by atoms with van der Waals surface area (Å²) >= 11 is 5.81. The number of nitrogens with one attached hydrogen (secondary N) is 1. The Morgan fingerprint density at radius 2 is 2.18 bits per heavy atom. The van der Waals surface area contributed by atoms with Gasteiger partial charge in [-0.15, -0.1) is 0 Å². The van der Waals surface area contributed by atoms with Crippen LogP contribution < -0.4 is 5.32 Å². The normalized spacial score (nSPS) is 11.4. The first-order chi connectivity index (χ1) is 7.95. The van der Waals surface area contributed by atoms with Crippen LogP contribution in [0.2, 0.25) is 5.02 Å². The summed E-state index contributed by atoms with van der Waals surface area (Å²) in [7, 11) is 0. The molecule has 0 fully saturated rings. The Hall–Kier alpha value is -2.06. The number of carbonyl (C=O) groups excluding carboxylic acids is 1. The SMILES string of the molecule is CC(C(=O)O)C(=O)Nc1cc(C#N)ccc1Cl. The van der Waals surface area contributed by atoms with Gasteiger partial charge < -0.3 is 10.4 Å². The third-order valence-corrected chi connectivity index (χ3v) is 2.45. The summed E-state index contributed by atoms with van der Waals surface area (Å²) in [6, 6.07) is 6.24. The molecule has 1 atom stereocenters. The largest absolute Gasteiger partial charge is 0.481 e. The highest BCUT2D eigenvalue weighted by Gasteiger charge is 2.21. The van der Waals surface area contributed by atoms with Crippen LogP contribution in [0.5, 0.6) is 0 Å². The number of carbonyl (C=O) groups is 2. The third-order valence-electron chi connectivity index (χ3n) is 2.12. The minimum atomic E-state index is -1.23. The number of rotatable bonds is 3. The second-order valence-electron chi connectivity index (χ2n) is 3.36. The number of nitrogens with zero attached hydrogens (tertiary/aromatic N) is 1. The van der Waals surface area contributed by atoms with Crippen LogP contribution in [-0.2, 0) is 9.59 Å². The van der Waals surface area contributed by atoms with E-state index in [0.717, 1.165) is 0 Å². The van der Waals surface area contributed by atoms with Crippen molar-refractivity contribution in [3.05, 3.63) is 28.8 Å². The smallest absolute Gasteiger partial charge is 0.315 e. The van der Waals surface area contributed by atoms with Gasteiger partial charge in [-0.1, -0.05) is 11.6 Å². The van der Waals surface area contributed by atoms with Gasteiger partial charge in [0.2, 0.25) is 5.91 Å². The predicted molar refractivity (Wildman–Crippen MR) is 61.6 cm³/mol. The Balaban J connectivity index is 2.92. The highest BCUT2D eigenvalue weighted by molar-refractivity contribution is 6.33. The van der Waals surface area contributed by atoms with Crippen LogP contribution in [0.15, 0.2) is 18.2 Å². The third kappa shape index (κ3) is 3.20. The standard InChI is InChI=1S/C11H9ClN2O3/c1-6(11(16)17)10(15)14-9-4-7(5-13)2-3-8(9)12/h2-4,6H,1H3,(H,14,15)(H,16,17). The molecule has 88 valence electrons. The first-order valence-electron chi connectivity index (χ1n) is 4.69. The van der Waals surface area contributed by atoms with E-state index in [1.165, 1.54) is 25.1 Å². The van der Waals surface area contributed by atoms with Gasteiger partial charge in [-0.05, 0) is 25.1 Å². The lowest BCUT2D eigenvalue weighted by Crippen LogP contribution is -2.27. The highest BCUT2D eigenvalue weighted by atomic mass is 35.5. The Labute approximate surface area is 103 Å². The first-order valence-corrected chi connectivity index (χ1v) is 5.07. The van der Waals surface area contributed by atoms with Crippen LogP contribution in [0.25, 0.3) is 0 Å². The van der Waals surface area contributed by atoms with Crippen LogP contribution in [-0.4, -0.2) is 17.0 Å². The van der Waals surface area contributed by atoms with E-state index in [-0.39, 0.29) is 10.7 Å². The lowest BCUT2D eigenvalue weighted by Gasteiger charge is -2.09. The molecule has 17 heavy (non-hydrogen) atoms. The Morgan fingerprint density at radius 1 is 1.53 bits per heavy atom. The summed E-state index contributed by atoms with van der Waals surface area (Å²) in [6.45, 7) is 1.26. The molecule has 5 nitrogen and oxygen atoms in total. The fourth-order valence-corrected chi connectivity index (χ4v) is 1.21. The molecule has 0 aliphatic carbocycles. The van der Waals surface area contributed by atoms with Crippen molar-refractivity contribution in [2.45, 2.75) is 6.92 Å². The number of benzene rings is 1. The van der Waals surface area contributed by atoms with Crippen molar-refractivity contribution in [2.75, 3.05) is 5.32 Å². The van der Waals surface area contributed by atoms with Crippen molar-refractivity contribution >= 4 is 29.2 Å². The highest BCUT2D eigenvalue weighted by Crippen LogP contribution is 2.23. The molecule has 0 aliphatic heterocycles. The molecule has 6 heteroatoms. The number of amides is 1. The molecule has 1 rings (SSSR count). The molecule has 1 unspecified atom stereocenters. The van der Waals surface area contributed by atoms with Crippen LogP contribution in [0.3, 0.4) is 0 Å². The molecule has 1 aromatic rings. The Morgan fingerprint density at radius 3 is 2.71 bits per heavy atom. The molecule has 0 aliphatic rings. The quantitative estimate of drug-likeness (QED) is 0.804. The number of halogens is 1. The van der Waals surface area contributed by atoms with E-state index < -0.39 is 17.8 Å². The van der Waals surface area contributed by atoms with Crippen LogP contribution in [0.1, 0.15) is 12.5 Å². The molecule has 0 heterocycles. The van der Waals surface area contributed by atoms with Gasteiger partial charge in [0.25, 0.3) is 0 Å². The maximum atomic E-state index is 11.5. The molecule has 0 radical (unpaired) electrons. The second-order valence-corrected chi connectivity index (χ2v) is 3.76. The summed E-state index contributed by atoms with van der Waals surface area (Å²) in [4.78, 5) is 22.1. The molecular weight excluding hydrogens is 244 g/mol. The number of carboxylic acids is 1. The molecule has 0 spiro atoms. The van der Waals surface area contributed by atoms with Crippen molar-refractivity contribution in [2.24, 2.45) is 5.92 Å². The summed E-state index contributed by atoms with van der Waals surface area (Å²) in [5.74, 6) is -3.10. The minimum Gasteiger partial charge on any atom is -0.481 e. The molecule has 0 aromatic heterocycles. The van der Waals surface area contributed by atoms with E-state index >= 15 is 0 Å². The molecule has 1 aromatic carbocycles. The summed E-state index contributed by atoms with van der Waals surface area (Å²) in [6.07, 6.45) is 0. The number of hydrogen-bond acceptors (Lipinski definition) is 3.